The van der Waals surface area contributed by atoms with Gasteiger partial charge in [-0.05, 0) is 28.6 Å². The molecule has 0 saturated carbocycles. The maximum atomic E-state index is 10.8. The average molecular weight is 398 g/mol. The second-order valence-corrected chi connectivity index (χ2v) is 6.98. The summed E-state index contributed by atoms with van der Waals surface area (Å²) >= 11 is 0. The lowest BCUT2D eigenvalue weighted by atomic mass is 10.0. The Morgan fingerprint density at radius 1 is 0.933 bits per heavy atom. The lowest BCUT2D eigenvalue weighted by molar-refractivity contribution is 0.112. The summed E-state index contributed by atoms with van der Waals surface area (Å²) in [6.07, 6.45) is 1.68. The van der Waals surface area contributed by atoms with E-state index in [1.54, 1.807) is 12.1 Å². The second kappa shape index (κ2) is 9.31. The molecule has 150 valence electrons. The van der Waals surface area contributed by atoms with Crippen molar-refractivity contribution in [3.05, 3.63) is 102 Å². The van der Waals surface area contributed by atoms with Gasteiger partial charge >= 0.3 is 0 Å². The van der Waals surface area contributed by atoms with E-state index in [2.05, 4.69) is 16.4 Å². The van der Waals surface area contributed by atoms with Crippen molar-refractivity contribution in [2.75, 3.05) is 6.54 Å². The van der Waals surface area contributed by atoms with E-state index in [0.29, 0.717) is 30.3 Å². The van der Waals surface area contributed by atoms with E-state index < -0.39 is 6.10 Å². The average Bonchev–Trinajstić information content (AvgIpc) is 2.81. The summed E-state index contributed by atoms with van der Waals surface area (Å²) in [7, 11) is 0. The molecule has 2 N–H and O–H groups in total. The molecule has 5 heteroatoms. The lowest BCUT2D eigenvalue weighted by Crippen LogP contribution is -2.21. The first-order valence-corrected chi connectivity index (χ1v) is 9.78. The van der Waals surface area contributed by atoms with Crippen molar-refractivity contribution in [3.63, 3.8) is 0 Å². The first-order chi connectivity index (χ1) is 14.7. The highest BCUT2D eigenvalue weighted by Crippen LogP contribution is 2.31. The Balaban J connectivity index is 1.49. The van der Waals surface area contributed by atoms with Crippen LogP contribution in [0.25, 0.3) is 10.8 Å². The Labute approximate surface area is 175 Å². The van der Waals surface area contributed by atoms with Gasteiger partial charge < -0.3 is 15.2 Å². The third kappa shape index (κ3) is 4.54. The number of nitrogens with one attached hydrogen (secondary N) is 1. The van der Waals surface area contributed by atoms with E-state index in [9.17, 15) is 9.90 Å². The van der Waals surface area contributed by atoms with E-state index >= 15 is 0 Å². The predicted molar refractivity (Wildman–Crippen MR) is 117 cm³/mol. The molecule has 1 aromatic heterocycles. The number of carbonyl (C=O) groups is 1. The topological polar surface area (TPSA) is 71.5 Å². The van der Waals surface area contributed by atoms with E-state index in [4.69, 9.17) is 4.74 Å². The van der Waals surface area contributed by atoms with Gasteiger partial charge in [0.15, 0.2) is 6.29 Å². The normalized spacial score (nSPS) is 11.9. The summed E-state index contributed by atoms with van der Waals surface area (Å²) < 4.78 is 5.96. The number of fused-ring (bicyclic) bond motifs is 1. The highest BCUT2D eigenvalue weighted by molar-refractivity contribution is 5.91. The molecular weight excluding hydrogens is 376 g/mol. The summed E-state index contributed by atoms with van der Waals surface area (Å²) in [5.41, 5.74) is 2.51. The van der Waals surface area contributed by atoms with Crippen molar-refractivity contribution < 1.29 is 14.6 Å². The quantitative estimate of drug-likeness (QED) is 0.422. The Hall–Kier alpha value is -3.54. The Morgan fingerprint density at radius 3 is 2.43 bits per heavy atom. The number of carbonyl (C=O) groups excluding carboxylic acids is 1. The number of nitrogens with zero attached hydrogens (tertiary/aromatic N) is 1. The van der Waals surface area contributed by atoms with Crippen molar-refractivity contribution in [2.45, 2.75) is 12.6 Å². The maximum Gasteiger partial charge on any atom is 0.219 e. The van der Waals surface area contributed by atoms with Gasteiger partial charge in [-0.3, -0.25) is 4.79 Å². The van der Waals surface area contributed by atoms with Crippen LogP contribution in [-0.2, 0) is 6.54 Å². The monoisotopic (exact) mass is 398 g/mol. The number of aliphatic hydroxyl groups is 1. The highest BCUT2D eigenvalue weighted by atomic mass is 16.5. The van der Waals surface area contributed by atoms with Crippen molar-refractivity contribution in [2.24, 2.45) is 0 Å². The fourth-order valence-corrected chi connectivity index (χ4v) is 3.35. The van der Waals surface area contributed by atoms with Gasteiger partial charge in [0.05, 0.1) is 6.10 Å². The summed E-state index contributed by atoms with van der Waals surface area (Å²) in [6.45, 7) is 1.08. The zero-order valence-electron chi connectivity index (χ0n) is 16.4. The fraction of sp³-hybridized carbons (Fsp3) is 0.120. The van der Waals surface area contributed by atoms with Crippen LogP contribution in [0.2, 0.25) is 0 Å². The molecular formula is C25H22N2O3. The molecule has 1 heterocycles. The van der Waals surface area contributed by atoms with Gasteiger partial charge in [-0.25, -0.2) is 4.98 Å². The predicted octanol–water partition coefficient (Wildman–Crippen LogP) is 4.66. The Kier molecular flexibility index (Phi) is 6.13. The van der Waals surface area contributed by atoms with Crippen LogP contribution in [0.4, 0.5) is 0 Å². The minimum Gasteiger partial charge on any atom is -0.438 e. The van der Waals surface area contributed by atoms with Gasteiger partial charge in [-0.15, -0.1) is 0 Å². The number of pyridine rings is 1. The molecule has 4 aromatic rings. The molecule has 30 heavy (non-hydrogen) atoms. The van der Waals surface area contributed by atoms with Gasteiger partial charge in [0.1, 0.15) is 5.75 Å². The summed E-state index contributed by atoms with van der Waals surface area (Å²) in [4.78, 5) is 15.0. The number of hydrogen-bond donors (Lipinski definition) is 2. The number of rotatable bonds is 8. The van der Waals surface area contributed by atoms with Crippen LogP contribution in [0.3, 0.4) is 0 Å². The molecule has 0 bridgehead atoms. The second-order valence-electron chi connectivity index (χ2n) is 6.98. The summed E-state index contributed by atoms with van der Waals surface area (Å²) in [5.74, 6) is 1.13. The van der Waals surface area contributed by atoms with E-state index in [1.807, 2.05) is 60.7 Å². The fourth-order valence-electron chi connectivity index (χ4n) is 3.35. The number of ether oxygens (including phenoxy) is 1. The standard InChI is InChI=1S/C25H22N2O3/c28-17-18-10-13-25(27-14-18)30-24-12-11-20(21-8-4-5-9-22(21)24)15-26-16-23(29)19-6-2-1-3-7-19/h1-14,17,23,26,29H,15-16H2. The number of aromatic nitrogens is 1. The molecule has 0 fully saturated rings. The molecule has 4 rings (SSSR count). The van der Waals surface area contributed by atoms with Gasteiger partial charge in [0.25, 0.3) is 0 Å². The van der Waals surface area contributed by atoms with Crippen LogP contribution in [0.1, 0.15) is 27.6 Å². The van der Waals surface area contributed by atoms with Crippen LogP contribution in [0, 0.1) is 0 Å². The van der Waals surface area contributed by atoms with Crippen LogP contribution >= 0.6 is 0 Å². The van der Waals surface area contributed by atoms with Crippen LogP contribution in [0.15, 0.2) is 85.1 Å². The molecule has 0 aliphatic rings. The molecule has 0 aliphatic carbocycles. The third-order valence-electron chi connectivity index (χ3n) is 4.92. The zero-order chi connectivity index (χ0) is 20.8. The van der Waals surface area contributed by atoms with E-state index in [-0.39, 0.29) is 0 Å². The molecule has 0 saturated heterocycles. The smallest absolute Gasteiger partial charge is 0.219 e. The van der Waals surface area contributed by atoms with Gasteiger partial charge in [-0.2, -0.15) is 0 Å². The van der Waals surface area contributed by atoms with Gasteiger partial charge in [0.2, 0.25) is 5.88 Å². The van der Waals surface area contributed by atoms with Crippen molar-refractivity contribution >= 4 is 17.1 Å². The minimum absolute atomic E-state index is 0.433. The summed E-state index contributed by atoms with van der Waals surface area (Å²) in [6, 6.07) is 24.9. The summed E-state index contributed by atoms with van der Waals surface area (Å²) in [5, 5.41) is 15.7. The number of aliphatic hydroxyl groups excluding tert-OH is 1. The number of aldehydes is 1. The van der Waals surface area contributed by atoms with Crippen molar-refractivity contribution in [3.8, 4) is 11.6 Å². The van der Waals surface area contributed by atoms with Crippen LogP contribution in [0.5, 0.6) is 11.6 Å². The maximum absolute atomic E-state index is 10.8. The number of benzene rings is 3. The molecule has 0 radical (unpaired) electrons. The first kappa shape index (κ1) is 19.8. The van der Waals surface area contributed by atoms with Crippen molar-refractivity contribution in [1.82, 2.24) is 10.3 Å². The van der Waals surface area contributed by atoms with Gasteiger partial charge in [0, 0.05) is 36.3 Å². The molecule has 1 atom stereocenters. The minimum atomic E-state index is -0.555. The molecule has 0 spiro atoms. The Morgan fingerprint density at radius 2 is 1.70 bits per heavy atom. The first-order valence-electron chi connectivity index (χ1n) is 9.78. The van der Waals surface area contributed by atoms with E-state index in [0.717, 1.165) is 28.2 Å². The van der Waals surface area contributed by atoms with Gasteiger partial charge in [-0.1, -0.05) is 60.7 Å². The molecule has 0 amide bonds. The van der Waals surface area contributed by atoms with Crippen LogP contribution < -0.4 is 10.1 Å². The molecule has 5 nitrogen and oxygen atoms in total. The molecule has 1 unspecified atom stereocenters. The molecule has 3 aromatic carbocycles. The molecule has 0 aliphatic heterocycles. The van der Waals surface area contributed by atoms with Crippen LogP contribution in [-0.4, -0.2) is 22.9 Å². The third-order valence-corrected chi connectivity index (χ3v) is 4.92. The zero-order valence-corrected chi connectivity index (χ0v) is 16.4. The highest BCUT2D eigenvalue weighted by Gasteiger charge is 2.10. The SMILES string of the molecule is O=Cc1ccc(Oc2ccc(CNCC(O)c3ccccc3)c3ccccc23)nc1. The Bertz CT molecular complexity index is 1130. The lowest BCUT2D eigenvalue weighted by Gasteiger charge is -2.15. The largest absolute Gasteiger partial charge is 0.438 e. The van der Waals surface area contributed by atoms with E-state index in [1.165, 1.54) is 6.20 Å². The number of hydrogen-bond acceptors (Lipinski definition) is 5. The van der Waals surface area contributed by atoms with Crippen molar-refractivity contribution in [1.29, 1.82) is 0 Å².